The molecule has 0 saturated heterocycles. The van der Waals surface area contributed by atoms with Gasteiger partial charge >= 0.3 is 0 Å². The number of anilines is 1. The van der Waals surface area contributed by atoms with E-state index in [0.717, 1.165) is 9.26 Å². The van der Waals surface area contributed by atoms with Gasteiger partial charge in [0.2, 0.25) is 0 Å². The molecule has 0 aliphatic heterocycles. The predicted octanol–water partition coefficient (Wildman–Crippen LogP) is 3.05. The predicted molar refractivity (Wildman–Crippen MR) is 76.7 cm³/mol. The van der Waals surface area contributed by atoms with Gasteiger partial charge in [0.05, 0.1) is 5.69 Å². The third kappa shape index (κ3) is 3.45. The first-order chi connectivity index (χ1) is 8.25. The standard InChI is InChI=1S/C13H11IN2O/c14-11-6-8-12(9-7-11)15-16-13(17)10-4-2-1-3-5-10/h1-9,15H,(H,16,17). The highest BCUT2D eigenvalue weighted by Gasteiger charge is 2.02. The third-order valence-corrected chi connectivity index (χ3v) is 2.92. The molecular formula is C13H11IN2O. The van der Waals surface area contributed by atoms with E-state index < -0.39 is 0 Å². The van der Waals surface area contributed by atoms with Gasteiger partial charge in [0.1, 0.15) is 0 Å². The van der Waals surface area contributed by atoms with E-state index in [-0.39, 0.29) is 5.91 Å². The van der Waals surface area contributed by atoms with Crippen LogP contribution in [0.5, 0.6) is 0 Å². The summed E-state index contributed by atoms with van der Waals surface area (Å²) >= 11 is 2.23. The molecule has 3 nitrogen and oxygen atoms in total. The smallest absolute Gasteiger partial charge is 0.269 e. The molecule has 1 amide bonds. The summed E-state index contributed by atoms with van der Waals surface area (Å²) in [5.41, 5.74) is 7.00. The summed E-state index contributed by atoms with van der Waals surface area (Å²) in [7, 11) is 0. The van der Waals surface area contributed by atoms with Crippen LogP contribution in [0.15, 0.2) is 54.6 Å². The van der Waals surface area contributed by atoms with Crippen LogP contribution in [0.25, 0.3) is 0 Å². The molecule has 0 saturated carbocycles. The largest absolute Gasteiger partial charge is 0.298 e. The molecular weight excluding hydrogens is 327 g/mol. The molecule has 4 heteroatoms. The minimum absolute atomic E-state index is 0.149. The van der Waals surface area contributed by atoms with E-state index in [2.05, 4.69) is 33.4 Å². The van der Waals surface area contributed by atoms with Crippen molar-refractivity contribution in [1.29, 1.82) is 0 Å². The number of hydrogen-bond acceptors (Lipinski definition) is 2. The molecule has 0 heterocycles. The molecule has 0 atom stereocenters. The van der Waals surface area contributed by atoms with Gasteiger partial charge in [-0.05, 0) is 59.0 Å². The fourth-order valence-corrected chi connectivity index (χ4v) is 1.68. The van der Waals surface area contributed by atoms with Crippen LogP contribution in [0, 0.1) is 3.57 Å². The molecule has 0 unspecified atom stereocenters. The van der Waals surface area contributed by atoms with Crippen molar-refractivity contribution in [1.82, 2.24) is 5.43 Å². The van der Waals surface area contributed by atoms with Crippen molar-refractivity contribution in [3.8, 4) is 0 Å². The number of hydrogen-bond donors (Lipinski definition) is 2. The van der Waals surface area contributed by atoms with Crippen molar-refractivity contribution < 1.29 is 4.79 Å². The molecule has 0 spiro atoms. The summed E-state index contributed by atoms with van der Waals surface area (Å²) in [6.07, 6.45) is 0. The topological polar surface area (TPSA) is 41.1 Å². The van der Waals surface area contributed by atoms with Gasteiger partial charge in [-0.3, -0.25) is 15.6 Å². The Morgan fingerprint density at radius 2 is 1.59 bits per heavy atom. The Bertz CT molecular complexity index is 497. The first kappa shape index (κ1) is 11.9. The molecule has 0 bridgehead atoms. The number of nitrogens with one attached hydrogen (secondary N) is 2. The second-order valence-corrected chi connectivity index (χ2v) is 4.70. The fourth-order valence-electron chi connectivity index (χ4n) is 1.32. The van der Waals surface area contributed by atoms with Gasteiger partial charge in [0.15, 0.2) is 0 Å². The number of halogens is 1. The highest BCUT2D eigenvalue weighted by atomic mass is 127. The van der Waals surface area contributed by atoms with Crippen LogP contribution in [0.3, 0.4) is 0 Å². The van der Waals surface area contributed by atoms with E-state index in [9.17, 15) is 4.79 Å². The molecule has 0 radical (unpaired) electrons. The fraction of sp³-hybridized carbons (Fsp3) is 0. The van der Waals surface area contributed by atoms with E-state index in [1.54, 1.807) is 12.1 Å². The molecule has 86 valence electrons. The number of amides is 1. The normalized spacial score (nSPS) is 9.71. The molecule has 2 N–H and O–H groups in total. The summed E-state index contributed by atoms with van der Waals surface area (Å²) in [4.78, 5) is 11.7. The van der Waals surface area contributed by atoms with E-state index in [0.29, 0.717) is 5.56 Å². The maximum atomic E-state index is 11.7. The second-order valence-electron chi connectivity index (χ2n) is 3.45. The van der Waals surface area contributed by atoms with Gasteiger partial charge in [-0.2, -0.15) is 0 Å². The lowest BCUT2D eigenvalue weighted by atomic mass is 10.2. The minimum atomic E-state index is -0.149. The first-order valence-corrected chi connectivity index (χ1v) is 6.20. The van der Waals surface area contributed by atoms with Crippen LogP contribution in [0.2, 0.25) is 0 Å². The number of hydrazine groups is 1. The average Bonchev–Trinajstić information content (AvgIpc) is 2.39. The second kappa shape index (κ2) is 5.67. The van der Waals surface area contributed by atoms with Crippen molar-refractivity contribution in [3.05, 3.63) is 63.7 Å². The van der Waals surface area contributed by atoms with Crippen LogP contribution in [-0.2, 0) is 0 Å². The SMILES string of the molecule is O=C(NNc1ccc(I)cc1)c1ccccc1. The number of benzene rings is 2. The van der Waals surface area contributed by atoms with Gasteiger partial charge in [-0.25, -0.2) is 0 Å². The molecule has 0 aromatic heterocycles. The van der Waals surface area contributed by atoms with Gasteiger partial charge in [-0.1, -0.05) is 18.2 Å². The summed E-state index contributed by atoms with van der Waals surface area (Å²) in [5.74, 6) is -0.149. The number of rotatable bonds is 3. The van der Waals surface area contributed by atoms with Crippen molar-refractivity contribution in [3.63, 3.8) is 0 Å². The Morgan fingerprint density at radius 3 is 2.24 bits per heavy atom. The van der Waals surface area contributed by atoms with Gasteiger partial charge < -0.3 is 0 Å². The summed E-state index contributed by atoms with van der Waals surface area (Å²) in [5, 5.41) is 0. The zero-order chi connectivity index (χ0) is 12.1. The highest BCUT2D eigenvalue weighted by Crippen LogP contribution is 2.10. The highest BCUT2D eigenvalue weighted by molar-refractivity contribution is 14.1. The lowest BCUT2D eigenvalue weighted by Crippen LogP contribution is -2.29. The third-order valence-electron chi connectivity index (χ3n) is 2.20. The quantitative estimate of drug-likeness (QED) is 0.667. The Morgan fingerprint density at radius 1 is 0.941 bits per heavy atom. The number of carbonyl (C=O) groups is 1. The molecule has 0 aliphatic rings. The Labute approximate surface area is 113 Å². The van der Waals surface area contributed by atoms with Crippen LogP contribution in [0.4, 0.5) is 5.69 Å². The summed E-state index contributed by atoms with van der Waals surface area (Å²) in [6, 6.07) is 16.8. The molecule has 2 aromatic carbocycles. The van der Waals surface area contributed by atoms with E-state index >= 15 is 0 Å². The summed E-state index contributed by atoms with van der Waals surface area (Å²) < 4.78 is 1.16. The molecule has 0 fully saturated rings. The van der Waals surface area contributed by atoms with Crippen LogP contribution >= 0.6 is 22.6 Å². The zero-order valence-electron chi connectivity index (χ0n) is 8.98. The van der Waals surface area contributed by atoms with E-state index in [1.807, 2.05) is 42.5 Å². The van der Waals surface area contributed by atoms with E-state index in [1.165, 1.54) is 0 Å². The van der Waals surface area contributed by atoms with Crippen LogP contribution in [0.1, 0.15) is 10.4 Å². The van der Waals surface area contributed by atoms with Gasteiger partial charge in [-0.15, -0.1) is 0 Å². The van der Waals surface area contributed by atoms with Crippen molar-refractivity contribution >= 4 is 34.2 Å². The maximum Gasteiger partial charge on any atom is 0.269 e. The maximum absolute atomic E-state index is 11.7. The lowest BCUT2D eigenvalue weighted by molar-refractivity contribution is 0.0962. The number of carbonyl (C=O) groups excluding carboxylic acids is 1. The van der Waals surface area contributed by atoms with Crippen molar-refractivity contribution in [2.24, 2.45) is 0 Å². The molecule has 2 rings (SSSR count). The van der Waals surface area contributed by atoms with Crippen molar-refractivity contribution in [2.45, 2.75) is 0 Å². The molecule has 2 aromatic rings. The van der Waals surface area contributed by atoms with Gasteiger partial charge in [0, 0.05) is 9.13 Å². The van der Waals surface area contributed by atoms with Crippen LogP contribution < -0.4 is 10.9 Å². The lowest BCUT2D eigenvalue weighted by Gasteiger charge is -2.08. The van der Waals surface area contributed by atoms with Gasteiger partial charge in [0.25, 0.3) is 5.91 Å². The summed E-state index contributed by atoms with van der Waals surface area (Å²) in [6.45, 7) is 0. The Balaban J connectivity index is 1.95. The average molecular weight is 338 g/mol. The Hall–Kier alpha value is -1.56. The first-order valence-electron chi connectivity index (χ1n) is 5.13. The van der Waals surface area contributed by atoms with Crippen molar-refractivity contribution in [2.75, 3.05) is 5.43 Å². The Kier molecular flexibility index (Phi) is 3.98. The minimum Gasteiger partial charge on any atom is -0.298 e. The zero-order valence-corrected chi connectivity index (χ0v) is 11.1. The monoisotopic (exact) mass is 338 g/mol. The van der Waals surface area contributed by atoms with E-state index in [4.69, 9.17) is 0 Å². The molecule has 0 aliphatic carbocycles. The molecule has 17 heavy (non-hydrogen) atoms. The van der Waals surface area contributed by atoms with Crippen LogP contribution in [-0.4, -0.2) is 5.91 Å².